The molecule has 1 heterocycles. The molecule has 3 rings (SSSR count). The molecule has 7 heteroatoms. The highest BCUT2D eigenvalue weighted by Gasteiger charge is 2.24. The van der Waals surface area contributed by atoms with Crippen LogP contribution < -0.4 is 4.74 Å². The van der Waals surface area contributed by atoms with E-state index in [0.717, 1.165) is 30.5 Å². The number of hydrogen-bond donors (Lipinski definition) is 1. The van der Waals surface area contributed by atoms with Crippen LogP contribution in [0.2, 0.25) is 0 Å². The van der Waals surface area contributed by atoms with Crippen LogP contribution in [0.1, 0.15) is 11.1 Å². The molecular weight excluding hydrogens is 404 g/mol. The Morgan fingerprint density at radius 3 is 2.39 bits per heavy atom. The van der Waals surface area contributed by atoms with E-state index >= 15 is 0 Å². The molecule has 2 nitrogen and oxygen atoms in total. The van der Waals surface area contributed by atoms with Crippen molar-refractivity contribution in [1.29, 1.82) is 5.41 Å². The van der Waals surface area contributed by atoms with Crippen LogP contribution in [0, 0.1) is 17.0 Å². The first-order chi connectivity index (χ1) is 11.0. The van der Waals surface area contributed by atoms with Crippen molar-refractivity contribution in [3.05, 3.63) is 55.7 Å². The van der Waals surface area contributed by atoms with E-state index in [-0.39, 0.29) is 11.1 Å². The molecule has 0 saturated heterocycles. The number of fused-ring (bicyclic) bond motifs is 1. The third-order valence-corrected chi connectivity index (χ3v) is 6.65. The molecule has 0 radical (unpaired) electrons. The minimum absolute atomic E-state index is 0.0657. The van der Waals surface area contributed by atoms with Crippen molar-refractivity contribution in [1.82, 2.24) is 0 Å². The van der Waals surface area contributed by atoms with Crippen molar-refractivity contribution in [2.24, 2.45) is 0 Å². The Balaban J connectivity index is 1.99. The highest BCUT2D eigenvalue weighted by atomic mass is 79.9. The summed E-state index contributed by atoms with van der Waals surface area (Å²) >= 11 is 6.42. The molecule has 1 aliphatic rings. The molecule has 0 spiro atoms. The molecule has 0 aliphatic carbocycles. The van der Waals surface area contributed by atoms with Gasteiger partial charge in [-0.05, 0) is 40.2 Å². The smallest absolute Gasteiger partial charge is 0.168 e. The fraction of sp³-hybridized carbons (Fsp3) is 0.0625. The highest BCUT2D eigenvalue weighted by Crippen LogP contribution is 2.57. The van der Waals surface area contributed by atoms with Crippen molar-refractivity contribution >= 4 is 51.7 Å². The average molecular weight is 414 g/mol. The largest absolute Gasteiger partial charge is 0.496 e. The molecule has 0 fully saturated rings. The van der Waals surface area contributed by atoms with Crippen LogP contribution in [-0.4, -0.2) is 13.3 Å². The van der Waals surface area contributed by atoms with E-state index in [2.05, 4.69) is 15.9 Å². The minimum atomic E-state index is -1.00. The van der Waals surface area contributed by atoms with Gasteiger partial charge < -0.3 is 10.1 Å². The molecule has 0 bridgehead atoms. The van der Waals surface area contributed by atoms with Crippen LogP contribution in [0.4, 0.5) is 8.78 Å². The second-order valence-electron chi connectivity index (χ2n) is 4.59. The van der Waals surface area contributed by atoms with Crippen LogP contribution in [-0.2, 0) is 0 Å². The topological polar surface area (TPSA) is 33.1 Å². The number of ether oxygens (including phenoxy) is 1. The summed E-state index contributed by atoms with van der Waals surface area (Å²) in [4.78, 5) is 1.95. The molecule has 1 N–H and O–H groups in total. The normalized spacial score (nSPS) is 14.9. The summed E-state index contributed by atoms with van der Waals surface area (Å²) in [6, 6.07) is 6.62. The monoisotopic (exact) mass is 413 g/mol. The van der Waals surface area contributed by atoms with Gasteiger partial charge in [0, 0.05) is 26.7 Å². The van der Waals surface area contributed by atoms with Gasteiger partial charge in [0.2, 0.25) is 0 Å². The van der Waals surface area contributed by atoms with Crippen LogP contribution in [0.5, 0.6) is 5.75 Å². The molecule has 0 atom stereocenters. The van der Waals surface area contributed by atoms with Crippen molar-refractivity contribution in [3.63, 3.8) is 0 Å². The van der Waals surface area contributed by atoms with Crippen LogP contribution >= 0.6 is 39.5 Å². The lowest BCUT2D eigenvalue weighted by molar-refractivity contribution is 0.402. The van der Waals surface area contributed by atoms with Gasteiger partial charge >= 0.3 is 0 Å². The summed E-state index contributed by atoms with van der Waals surface area (Å²) in [5, 5.41) is 7.06. The van der Waals surface area contributed by atoms with E-state index in [9.17, 15) is 8.78 Å². The fourth-order valence-corrected chi connectivity index (χ4v) is 5.29. The zero-order chi connectivity index (χ0) is 16.6. The van der Waals surface area contributed by atoms with Gasteiger partial charge in [0.25, 0.3) is 0 Å². The second kappa shape index (κ2) is 6.67. The predicted octanol–water partition coefficient (Wildman–Crippen LogP) is 5.93. The molecule has 2 aromatic carbocycles. The Morgan fingerprint density at radius 2 is 1.70 bits per heavy atom. The van der Waals surface area contributed by atoms with Gasteiger partial charge in [-0.3, -0.25) is 0 Å². The van der Waals surface area contributed by atoms with Crippen molar-refractivity contribution < 1.29 is 13.5 Å². The van der Waals surface area contributed by atoms with Gasteiger partial charge in [-0.2, -0.15) is 0 Å². The average Bonchev–Trinajstić information content (AvgIpc) is 2.97. The molecule has 0 unspecified atom stereocenters. The molecule has 0 saturated carbocycles. The Kier molecular flexibility index (Phi) is 4.79. The van der Waals surface area contributed by atoms with Crippen LogP contribution in [0.25, 0.3) is 6.08 Å². The summed E-state index contributed by atoms with van der Waals surface area (Å²) in [7, 11) is 1.60. The lowest BCUT2D eigenvalue weighted by atomic mass is 10.1. The highest BCUT2D eigenvalue weighted by molar-refractivity contribution is 9.10. The predicted molar refractivity (Wildman–Crippen MR) is 94.6 cm³/mol. The fourth-order valence-electron chi connectivity index (χ4n) is 2.08. The summed E-state index contributed by atoms with van der Waals surface area (Å²) < 4.78 is 35.0. The van der Waals surface area contributed by atoms with Gasteiger partial charge in [0.15, 0.2) is 11.6 Å². The van der Waals surface area contributed by atoms with Gasteiger partial charge in [-0.15, -0.1) is 0 Å². The zero-order valence-corrected chi connectivity index (χ0v) is 15.0. The summed E-state index contributed by atoms with van der Waals surface area (Å²) in [6.07, 6.45) is 2.40. The van der Waals surface area contributed by atoms with E-state index in [1.54, 1.807) is 13.2 Å². The number of rotatable bonds is 3. The van der Waals surface area contributed by atoms with Gasteiger partial charge in [-0.25, -0.2) is 8.78 Å². The van der Waals surface area contributed by atoms with Crippen molar-refractivity contribution in [2.75, 3.05) is 7.11 Å². The third-order valence-electron chi connectivity index (χ3n) is 3.22. The summed E-state index contributed by atoms with van der Waals surface area (Å²) in [5.41, 5.74) is 0.0927. The lowest BCUT2D eigenvalue weighted by Gasteiger charge is -2.05. The first-order valence-corrected chi connectivity index (χ1v) is 8.90. The molecule has 0 amide bonds. The zero-order valence-electron chi connectivity index (χ0n) is 11.8. The number of nitrogens with one attached hydrogen (secondary N) is 1. The Labute approximate surface area is 148 Å². The Morgan fingerprint density at radius 1 is 1.04 bits per heavy atom. The van der Waals surface area contributed by atoms with E-state index in [1.807, 2.05) is 12.1 Å². The molecular formula is C16H10BrF2NOS2. The standard InChI is InChI=1S/C16H10BrF2NOS2/c1-21-11-5-4-10(17)15-16(11)23-12(22-15)6-8-2-3-9(7-20)14(19)13(8)18/h2-7,20H,1H3/b12-6+,20-7?. The number of hydrogen-bond acceptors (Lipinski definition) is 4. The minimum Gasteiger partial charge on any atom is -0.496 e. The van der Waals surface area contributed by atoms with Crippen LogP contribution in [0.15, 0.2) is 42.8 Å². The van der Waals surface area contributed by atoms with E-state index in [1.165, 1.54) is 35.7 Å². The molecule has 118 valence electrons. The van der Waals surface area contributed by atoms with E-state index in [0.29, 0.717) is 0 Å². The second-order valence-corrected chi connectivity index (χ2v) is 7.81. The maximum absolute atomic E-state index is 14.1. The summed E-state index contributed by atoms with van der Waals surface area (Å²) in [5.74, 6) is -1.20. The Hall–Kier alpha value is -1.31. The van der Waals surface area contributed by atoms with Gasteiger partial charge in [-0.1, -0.05) is 29.6 Å². The van der Waals surface area contributed by atoms with E-state index in [4.69, 9.17) is 10.1 Å². The number of halogens is 3. The number of thioether (sulfide) groups is 2. The van der Waals surface area contributed by atoms with Gasteiger partial charge in [0.1, 0.15) is 5.75 Å². The van der Waals surface area contributed by atoms with Crippen molar-refractivity contribution in [2.45, 2.75) is 9.79 Å². The van der Waals surface area contributed by atoms with Crippen LogP contribution in [0.3, 0.4) is 0 Å². The maximum atomic E-state index is 14.1. The molecule has 23 heavy (non-hydrogen) atoms. The molecule has 1 aliphatic heterocycles. The lowest BCUT2D eigenvalue weighted by Crippen LogP contribution is -1.95. The SMILES string of the molecule is COc1ccc(Br)c2c1S/C(=C/c1ccc(C=N)c(F)c1F)S2. The first-order valence-electron chi connectivity index (χ1n) is 6.47. The Bertz CT molecular complexity index is 839. The van der Waals surface area contributed by atoms with E-state index < -0.39 is 11.6 Å². The quantitative estimate of drug-likeness (QED) is 0.632. The molecule has 0 aromatic heterocycles. The van der Waals surface area contributed by atoms with Crippen molar-refractivity contribution in [3.8, 4) is 5.75 Å². The van der Waals surface area contributed by atoms with Gasteiger partial charge in [0.05, 0.1) is 16.2 Å². The first kappa shape index (κ1) is 16.5. The maximum Gasteiger partial charge on any atom is 0.168 e. The number of benzene rings is 2. The summed E-state index contributed by atoms with van der Waals surface area (Å²) in [6.45, 7) is 0. The number of methoxy groups -OCH3 is 1. The molecule has 2 aromatic rings. The third kappa shape index (κ3) is 3.05.